The minimum Gasteiger partial charge on any atom is -0.396 e. The van der Waals surface area contributed by atoms with Crippen LogP contribution in [0.15, 0.2) is 24.3 Å². The fourth-order valence-corrected chi connectivity index (χ4v) is 3.36. The molecule has 0 saturated heterocycles. The number of aliphatic hydroxyl groups is 1. The first kappa shape index (κ1) is 15.3. The van der Waals surface area contributed by atoms with Crippen LogP contribution in [0.25, 0.3) is 0 Å². The van der Waals surface area contributed by atoms with Crippen LogP contribution in [-0.2, 0) is 16.6 Å². The van der Waals surface area contributed by atoms with Crippen molar-refractivity contribution >= 4 is 10.8 Å². The first-order valence-corrected chi connectivity index (χ1v) is 7.89. The normalized spacial score (nSPS) is 14.4. The van der Waals surface area contributed by atoms with Gasteiger partial charge in [-0.2, -0.15) is 0 Å². The van der Waals surface area contributed by atoms with E-state index in [9.17, 15) is 4.21 Å². The lowest BCUT2D eigenvalue weighted by molar-refractivity contribution is 0.270. The number of hydrogen-bond donors (Lipinski definition) is 2. The van der Waals surface area contributed by atoms with E-state index in [4.69, 9.17) is 5.11 Å². The monoisotopic (exact) mass is 269 g/mol. The second-order valence-electron chi connectivity index (χ2n) is 4.51. The molecule has 3 nitrogen and oxygen atoms in total. The number of aliphatic hydroxyl groups excluding tert-OH is 1. The van der Waals surface area contributed by atoms with E-state index in [-0.39, 0.29) is 12.6 Å². The average molecular weight is 269 g/mol. The van der Waals surface area contributed by atoms with Crippen LogP contribution in [0, 0.1) is 6.92 Å². The third-order valence-electron chi connectivity index (χ3n) is 2.77. The van der Waals surface area contributed by atoms with E-state index < -0.39 is 10.8 Å². The van der Waals surface area contributed by atoms with E-state index >= 15 is 0 Å². The van der Waals surface area contributed by atoms with Gasteiger partial charge in [-0.1, -0.05) is 36.8 Å². The molecule has 0 aliphatic rings. The predicted octanol–water partition coefficient (Wildman–Crippen LogP) is 1.60. The Balaban J connectivity index is 2.49. The summed E-state index contributed by atoms with van der Waals surface area (Å²) in [7, 11) is -0.886. The first-order valence-electron chi connectivity index (χ1n) is 6.40. The average Bonchev–Trinajstić information content (AvgIpc) is 2.29. The van der Waals surface area contributed by atoms with Gasteiger partial charge in [0.2, 0.25) is 0 Å². The molecule has 2 N–H and O–H groups in total. The summed E-state index contributed by atoms with van der Waals surface area (Å²) in [5.74, 6) is 1.19. The zero-order valence-electron chi connectivity index (χ0n) is 11.2. The van der Waals surface area contributed by atoms with E-state index in [0.717, 1.165) is 12.1 Å². The van der Waals surface area contributed by atoms with E-state index in [1.165, 1.54) is 5.56 Å². The fraction of sp³-hybridized carbons (Fsp3) is 0.571. The molecule has 0 bridgehead atoms. The van der Waals surface area contributed by atoms with Gasteiger partial charge in [-0.3, -0.25) is 4.21 Å². The third kappa shape index (κ3) is 5.76. The van der Waals surface area contributed by atoms with Crippen LogP contribution in [-0.4, -0.2) is 34.3 Å². The molecule has 0 heterocycles. The number of rotatable bonds is 8. The summed E-state index contributed by atoms with van der Waals surface area (Å²) in [6.45, 7) is 5.04. The zero-order valence-corrected chi connectivity index (χ0v) is 12.0. The molecular formula is C14H23NO2S. The smallest absolute Gasteiger partial charge is 0.0486 e. The number of aryl methyl sites for hydroxylation is 1. The van der Waals surface area contributed by atoms with Crippen molar-refractivity contribution in [2.75, 3.05) is 18.9 Å². The number of hydrogen-bond acceptors (Lipinski definition) is 3. The summed E-state index contributed by atoms with van der Waals surface area (Å²) in [5, 5.41) is 12.2. The molecule has 102 valence electrons. The van der Waals surface area contributed by atoms with E-state index in [0.29, 0.717) is 17.9 Å². The van der Waals surface area contributed by atoms with Crippen LogP contribution in [0.2, 0.25) is 0 Å². The molecule has 0 aliphatic heterocycles. The van der Waals surface area contributed by atoms with Gasteiger partial charge >= 0.3 is 0 Å². The Morgan fingerprint density at radius 1 is 1.44 bits per heavy atom. The number of benzene rings is 1. The van der Waals surface area contributed by atoms with Crippen molar-refractivity contribution in [1.82, 2.24) is 5.32 Å². The van der Waals surface area contributed by atoms with Crippen LogP contribution in [0.4, 0.5) is 0 Å². The highest BCUT2D eigenvalue weighted by molar-refractivity contribution is 7.84. The first-order chi connectivity index (χ1) is 8.65. The summed E-state index contributed by atoms with van der Waals surface area (Å²) in [4.78, 5) is 0. The van der Waals surface area contributed by atoms with Crippen molar-refractivity contribution in [3.63, 3.8) is 0 Å². The van der Waals surface area contributed by atoms with Crippen molar-refractivity contribution < 1.29 is 9.32 Å². The van der Waals surface area contributed by atoms with E-state index in [2.05, 4.69) is 11.4 Å². The van der Waals surface area contributed by atoms with Crippen LogP contribution < -0.4 is 5.32 Å². The van der Waals surface area contributed by atoms with Gasteiger partial charge in [0.15, 0.2) is 0 Å². The van der Waals surface area contributed by atoms with Crippen LogP contribution >= 0.6 is 0 Å². The topological polar surface area (TPSA) is 49.3 Å². The summed E-state index contributed by atoms with van der Waals surface area (Å²) in [6.07, 6.45) is 0.660. The summed E-state index contributed by atoms with van der Waals surface area (Å²) in [6, 6.07) is 8.27. The van der Waals surface area contributed by atoms with Crippen molar-refractivity contribution in [3.8, 4) is 0 Å². The molecule has 2 unspecified atom stereocenters. The maximum atomic E-state index is 12.1. The van der Waals surface area contributed by atoms with Gasteiger partial charge in [-0.05, 0) is 25.5 Å². The fourth-order valence-electron chi connectivity index (χ4n) is 1.96. The summed E-state index contributed by atoms with van der Waals surface area (Å²) >= 11 is 0. The van der Waals surface area contributed by atoms with Crippen LogP contribution in [0.5, 0.6) is 0 Å². The Kier molecular flexibility index (Phi) is 7.16. The molecule has 1 rings (SSSR count). The molecule has 18 heavy (non-hydrogen) atoms. The molecule has 2 atom stereocenters. The van der Waals surface area contributed by atoms with Crippen LogP contribution in [0.3, 0.4) is 0 Å². The molecule has 4 heteroatoms. The molecule has 0 amide bonds. The Hall–Kier alpha value is -0.710. The van der Waals surface area contributed by atoms with Gasteiger partial charge in [-0.25, -0.2) is 0 Å². The molecule has 0 saturated carbocycles. The summed E-state index contributed by atoms with van der Waals surface area (Å²) in [5.41, 5.74) is 2.32. The van der Waals surface area contributed by atoms with E-state index in [1.54, 1.807) is 0 Å². The minimum absolute atomic E-state index is 0.138. The maximum Gasteiger partial charge on any atom is 0.0486 e. The standard InChI is InChI=1S/C14H23NO2S/c1-3-15-14(7-8-16)11-18(17)10-13-6-4-5-12(2)9-13/h4-6,9,14-16H,3,7-8,10-11H2,1-2H3. The molecule has 1 aromatic carbocycles. The van der Waals surface area contributed by atoms with Crippen molar-refractivity contribution in [1.29, 1.82) is 0 Å². The second kappa shape index (κ2) is 8.40. The van der Waals surface area contributed by atoms with Crippen molar-refractivity contribution in [3.05, 3.63) is 35.4 Å². The lowest BCUT2D eigenvalue weighted by atomic mass is 10.2. The largest absolute Gasteiger partial charge is 0.396 e. The van der Waals surface area contributed by atoms with Gasteiger partial charge in [0.05, 0.1) is 0 Å². The third-order valence-corrected chi connectivity index (χ3v) is 4.20. The predicted molar refractivity (Wildman–Crippen MR) is 77.1 cm³/mol. The molecule has 0 spiro atoms. The Morgan fingerprint density at radius 2 is 2.22 bits per heavy atom. The van der Waals surface area contributed by atoms with Crippen LogP contribution in [0.1, 0.15) is 24.5 Å². The van der Waals surface area contributed by atoms with Gasteiger partial charge in [0, 0.05) is 35.0 Å². The molecule has 1 aromatic rings. The summed E-state index contributed by atoms with van der Waals surface area (Å²) < 4.78 is 12.1. The second-order valence-corrected chi connectivity index (χ2v) is 6.01. The maximum absolute atomic E-state index is 12.1. The molecular weight excluding hydrogens is 246 g/mol. The van der Waals surface area contributed by atoms with Gasteiger partial charge < -0.3 is 10.4 Å². The lowest BCUT2D eigenvalue weighted by Gasteiger charge is -2.16. The molecule has 0 aliphatic carbocycles. The van der Waals surface area contributed by atoms with Crippen molar-refractivity contribution in [2.24, 2.45) is 0 Å². The molecule has 0 radical (unpaired) electrons. The van der Waals surface area contributed by atoms with Gasteiger partial charge in [0.1, 0.15) is 0 Å². The minimum atomic E-state index is -0.886. The Labute approximate surface area is 112 Å². The lowest BCUT2D eigenvalue weighted by Crippen LogP contribution is -2.35. The van der Waals surface area contributed by atoms with Gasteiger partial charge in [-0.15, -0.1) is 0 Å². The number of nitrogens with one attached hydrogen (secondary N) is 1. The highest BCUT2D eigenvalue weighted by Gasteiger charge is 2.11. The van der Waals surface area contributed by atoms with E-state index in [1.807, 2.05) is 32.0 Å². The van der Waals surface area contributed by atoms with Crippen molar-refractivity contribution in [2.45, 2.75) is 32.1 Å². The molecule has 0 fully saturated rings. The molecule has 0 aromatic heterocycles. The highest BCUT2D eigenvalue weighted by atomic mass is 32.2. The Morgan fingerprint density at radius 3 is 2.83 bits per heavy atom. The Bertz CT molecular complexity index is 376. The SMILES string of the molecule is CCNC(CCO)CS(=O)Cc1cccc(C)c1. The van der Waals surface area contributed by atoms with Gasteiger partial charge in [0.25, 0.3) is 0 Å². The quantitative estimate of drug-likeness (QED) is 0.754. The highest BCUT2D eigenvalue weighted by Crippen LogP contribution is 2.08. The zero-order chi connectivity index (χ0) is 13.4.